The molecule has 0 saturated heterocycles. The van der Waals surface area contributed by atoms with E-state index in [0.717, 1.165) is 5.02 Å². The summed E-state index contributed by atoms with van der Waals surface area (Å²) in [4.78, 5) is 2.34. The minimum Gasteiger partial charge on any atom is -0.338 e. The Morgan fingerprint density at radius 2 is 1.47 bits per heavy atom. The lowest BCUT2D eigenvalue weighted by Crippen LogP contribution is -2.44. The molecule has 1 aromatic rings. The van der Waals surface area contributed by atoms with Crippen LogP contribution in [-0.4, -0.2) is 24.3 Å². The van der Waals surface area contributed by atoms with Crippen molar-refractivity contribution in [2.75, 3.05) is 0 Å². The first kappa shape index (κ1) is 12.6. The molecular weight excluding hydrogens is 204 g/mol. The van der Waals surface area contributed by atoms with Crippen LogP contribution in [0, 0.1) is 0 Å². The van der Waals surface area contributed by atoms with Crippen molar-refractivity contribution in [2.45, 2.75) is 39.8 Å². The van der Waals surface area contributed by atoms with Gasteiger partial charge in [-0.25, -0.2) is 0 Å². The molecule has 3 heteroatoms. The molecule has 0 amide bonds. The molecule has 0 unspecified atom stereocenters. The van der Waals surface area contributed by atoms with E-state index in [0.29, 0.717) is 12.1 Å². The van der Waals surface area contributed by atoms with Gasteiger partial charge in [-0.05, 0) is 24.2 Å². The average Bonchev–Trinajstić information content (AvgIpc) is 2.15. The molecule has 0 bridgehead atoms. The summed E-state index contributed by atoms with van der Waals surface area (Å²) in [6, 6.07) is 8.96. The van der Waals surface area contributed by atoms with Gasteiger partial charge in [-0.2, -0.15) is 0 Å². The van der Waals surface area contributed by atoms with Gasteiger partial charge in [0.1, 0.15) is 0 Å². The van der Waals surface area contributed by atoms with Crippen LogP contribution in [0.3, 0.4) is 0 Å². The Hall–Kier alpha value is -0.465. The van der Waals surface area contributed by atoms with Crippen molar-refractivity contribution in [2.24, 2.45) is 0 Å². The Bertz CT molecular complexity index is 287. The molecule has 0 saturated carbocycles. The molecule has 0 aromatic heterocycles. The number of halogens is 1. The smallest absolute Gasteiger partial charge is 0.248 e. The second kappa shape index (κ2) is 5.57. The third-order valence-corrected chi connectivity index (χ3v) is 2.61. The van der Waals surface area contributed by atoms with E-state index >= 15 is 0 Å². The Balaban J connectivity index is 2.70. The molecule has 81 valence electrons. The quantitative estimate of drug-likeness (QED) is 0.708. The summed E-state index contributed by atoms with van der Waals surface area (Å²) in [6.45, 7) is 8.80. The fraction of sp³-hybridized carbons (Fsp3) is 0.500. The highest BCUT2D eigenvalue weighted by atomic mass is 35.5. The lowest BCUT2D eigenvalue weighted by atomic mass is 9.78. The summed E-state index contributed by atoms with van der Waals surface area (Å²) in [5.74, 6) is 0. The van der Waals surface area contributed by atoms with Crippen LogP contribution in [-0.2, 0) is 0 Å². The molecule has 1 aromatic carbocycles. The van der Waals surface area contributed by atoms with Gasteiger partial charge in [-0.15, -0.1) is 0 Å². The number of rotatable bonds is 4. The van der Waals surface area contributed by atoms with Crippen molar-refractivity contribution in [3.05, 3.63) is 29.3 Å². The zero-order chi connectivity index (χ0) is 11.4. The van der Waals surface area contributed by atoms with E-state index in [2.05, 4.69) is 39.9 Å². The molecule has 15 heavy (non-hydrogen) atoms. The topological polar surface area (TPSA) is 3.24 Å². The predicted molar refractivity (Wildman–Crippen MR) is 69.0 cm³/mol. The summed E-state index contributed by atoms with van der Waals surface area (Å²) in [6.07, 6.45) is 0. The van der Waals surface area contributed by atoms with E-state index < -0.39 is 0 Å². The summed E-state index contributed by atoms with van der Waals surface area (Å²) in [5, 5.41) is 0.785. The fourth-order valence-corrected chi connectivity index (χ4v) is 1.74. The van der Waals surface area contributed by atoms with E-state index in [1.54, 1.807) is 0 Å². The van der Waals surface area contributed by atoms with Crippen molar-refractivity contribution in [3.8, 4) is 0 Å². The van der Waals surface area contributed by atoms with Crippen molar-refractivity contribution in [3.63, 3.8) is 0 Å². The van der Waals surface area contributed by atoms with Crippen molar-refractivity contribution >= 4 is 24.5 Å². The number of nitrogens with zero attached hydrogens (tertiary/aromatic N) is 1. The van der Waals surface area contributed by atoms with Crippen LogP contribution in [0.25, 0.3) is 0 Å². The highest BCUT2D eigenvalue weighted by Crippen LogP contribution is 2.06. The minimum atomic E-state index is 0.515. The van der Waals surface area contributed by atoms with Gasteiger partial charge < -0.3 is 4.81 Å². The fourth-order valence-electron chi connectivity index (χ4n) is 1.62. The number of hydrogen-bond acceptors (Lipinski definition) is 1. The van der Waals surface area contributed by atoms with Crippen LogP contribution in [0.5, 0.6) is 0 Å². The van der Waals surface area contributed by atoms with Gasteiger partial charge in [0.2, 0.25) is 7.41 Å². The van der Waals surface area contributed by atoms with Gasteiger partial charge >= 0.3 is 0 Å². The molecule has 0 fully saturated rings. The monoisotopic (exact) mass is 222 g/mol. The molecule has 0 atom stereocenters. The van der Waals surface area contributed by atoms with Crippen molar-refractivity contribution < 1.29 is 0 Å². The Morgan fingerprint density at radius 3 is 1.87 bits per heavy atom. The third kappa shape index (κ3) is 3.88. The third-order valence-electron chi connectivity index (χ3n) is 2.36. The van der Waals surface area contributed by atoms with Crippen LogP contribution >= 0.6 is 11.6 Å². The van der Waals surface area contributed by atoms with E-state index in [4.69, 9.17) is 11.6 Å². The second-order valence-corrected chi connectivity index (χ2v) is 4.75. The molecule has 1 rings (SSSR count). The van der Waals surface area contributed by atoms with Crippen molar-refractivity contribution in [1.29, 1.82) is 0 Å². The van der Waals surface area contributed by atoms with Gasteiger partial charge in [0.25, 0.3) is 0 Å². The molecule has 0 N–H and O–H groups in total. The van der Waals surface area contributed by atoms with Crippen LogP contribution in [0.2, 0.25) is 5.02 Å². The summed E-state index contributed by atoms with van der Waals surface area (Å²) < 4.78 is 0. The minimum absolute atomic E-state index is 0.515. The molecule has 0 aliphatic heterocycles. The molecule has 0 spiro atoms. The average molecular weight is 223 g/mol. The molecule has 0 aliphatic rings. The van der Waals surface area contributed by atoms with Crippen LogP contribution in [0.15, 0.2) is 24.3 Å². The summed E-state index contributed by atoms with van der Waals surface area (Å²) >= 11 is 5.85. The lowest BCUT2D eigenvalue weighted by molar-refractivity contribution is 0.315. The maximum Gasteiger partial charge on any atom is 0.248 e. The van der Waals surface area contributed by atoms with E-state index in [9.17, 15) is 0 Å². The Labute approximate surface area is 98.7 Å². The van der Waals surface area contributed by atoms with E-state index in [1.807, 2.05) is 24.3 Å². The first-order valence-corrected chi connectivity index (χ1v) is 5.76. The number of benzene rings is 1. The largest absolute Gasteiger partial charge is 0.338 e. The maximum absolute atomic E-state index is 5.85. The van der Waals surface area contributed by atoms with Gasteiger partial charge in [0.15, 0.2) is 0 Å². The van der Waals surface area contributed by atoms with Gasteiger partial charge in [-0.1, -0.05) is 56.9 Å². The molecule has 0 heterocycles. The Morgan fingerprint density at radius 1 is 1.00 bits per heavy atom. The van der Waals surface area contributed by atoms with Gasteiger partial charge in [0, 0.05) is 5.02 Å². The van der Waals surface area contributed by atoms with Crippen LogP contribution in [0.4, 0.5) is 0 Å². The highest BCUT2D eigenvalue weighted by molar-refractivity contribution is 6.50. The Kier molecular flexibility index (Phi) is 4.68. The normalized spacial score (nSPS) is 11.5. The lowest BCUT2D eigenvalue weighted by Gasteiger charge is -2.30. The zero-order valence-electron chi connectivity index (χ0n) is 9.87. The molecular formula is C12H18BClN. The number of hydrogen-bond donors (Lipinski definition) is 0. The highest BCUT2D eigenvalue weighted by Gasteiger charge is 2.14. The maximum atomic E-state index is 5.85. The van der Waals surface area contributed by atoms with Gasteiger partial charge in [-0.3, -0.25) is 0 Å². The second-order valence-electron chi connectivity index (χ2n) is 4.32. The van der Waals surface area contributed by atoms with Crippen molar-refractivity contribution in [1.82, 2.24) is 4.81 Å². The first-order chi connectivity index (χ1) is 7.00. The SMILES string of the molecule is CC(C)N([B]c1ccc(Cl)cc1)C(C)C. The van der Waals surface area contributed by atoms with E-state index in [1.165, 1.54) is 5.46 Å². The molecule has 0 aliphatic carbocycles. The van der Waals surface area contributed by atoms with Gasteiger partial charge in [0.05, 0.1) is 0 Å². The predicted octanol–water partition coefficient (Wildman–Crippen LogP) is 2.70. The molecule has 1 radical (unpaired) electrons. The summed E-state index contributed by atoms with van der Waals surface area (Å²) in [5.41, 5.74) is 1.20. The summed E-state index contributed by atoms with van der Waals surface area (Å²) in [7, 11) is 2.19. The zero-order valence-corrected chi connectivity index (χ0v) is 10.6. The molecule has 1 nitrogen and oxygen atoms in total. The first-order valence-electron chi connectivity index (χ1n) is 5.38. The van der Waals surface area contributed by atoms with Crippen LogP contribution in [0.1, 0.15) is 27.7 Å². The van der Waals surface area contributed by atoms with Crippen LogP contribution < -0.4 is 5.46 Å². The standard InChI is InChI=1S/C12H18BClN/c1-9(2)15(10(3)4)13-11-5-7-12(14)8-6-11/h5-10H,1-4H3. The van der Waals surface area contributed by atoms with E-state index in [-0.39, 0.29) is 0 Å².